The van der Waals surface area contributed by atoms with Crippen LogP contribution in [0.1, 0.15) is 28.8 Å². The average molecular weight is 406 g/mol. The van der Waals surface area contributed by atoms with Gasteiger partial charge in [0, 0.05) is 11.3 Å². The highest BCUT2D eigenvalue weighted by atomic mass is 35.5. The Morgan fingerprint density at radius 2 is 1.89 bits per heavy atom. The standard InChI is InChI=1S/C20H23N3O2S.ClH/c1-24-15-8-7-13(11-16(15)25-2)9-10-21-19-18-14-5-3-4-6-17(14)26-20(18)23-12-22-19;/h7-8,11-12H,3-6,9-10H2,1-2H3,(H,21,22,23);1H. The monoisotopic (exact) mass is 405 g/mol. The number of halogens is 1. The first-order chi connectivity index (χ1) is 12.8. The Labute approximate surface area is 169 Å². The van der Waals surface area contributed by atoms with Crippen molar-refractivity contribution < 1.29 is 27.2 Å². The molecule has 0 bridgehead atoms. The van der Waals surface area contributed by atoms with Gasteiger partial charge in [-0.15, -0.1) is 11.3 Å². The van der Waals surface area contributed by atoms with E-state index in [-0.39, 0.29) is 12.4 Å². The number of hydrogen-bond acceptors (Lipinski definition) is 5. The molecule has 0 fully saturated rings. The largest absolute Gasteiger partial charge is 1.00 e. The summed E-state index contributed by atoms with van der Waals surface area (Å²) in [6.07, 6.45) is 7.58. The van der Waals surface area contributed by atoms with Crippen molar-refractivity contribution in [2.45, 2.75) is 32.1 Å². The van der Waals surface area contributed by atoms with E-state index in [1.54, 1.807) is 20.5 Å². The van der Waals surface area contributed by atoms with E-state index in [2.05, 4.69) is 27.4 Å². The lowest BCUT2D eigenvalue weighted by Gasteiger charge is -2.11. The highest BCUT2D eigenvalue weighted by Gasteiger charge is 2.21. The number of benzene rings is 1. The molecule has 1 aromatic carbocycles. The van der Waals surface area contributed by atoms with Gasteiger partial charge in [-0.25, -0.2) is 4.98 Å². The van der Waals surface area contributed by atoms with Gasteiger partial charge < -0.3 is 21.9 Å². The third-order valence-corrected chi connectivity index (χ3v) is 6.20. The molecule has 2 heterocycles. The highest BCUT2D eigenvalue weighted by Crippen LogP contribution is 2.36. The molecular formula is C20H24ClN3O2S. The fraction of sp³-hybridized carbons (Fsp3) is 0.400. The van der Waals surface area contributed by atoms with Crippen molar-refractivity contribution in [3.05, 3.63) is 40.5 Å². The number of rotatable bonds is 6. The van der Waals surface area contributed by atoms with Crippen LogP contribution in [0.15, 0.2) is 24.5 Å². The Morgan fingerprint density at radius 3 is 2.70 bits per heavy atom. The van der Waals surface area contributed by atoms with Crippen LogP contribution in [0.3, 0.4) is 0 Å². The van der Waals surface area contributed by atoms with Crippen molar-refractivity contribution >= 4 is 27.4 Å². The Morgan fingerprint density at radius 1 is 1.07 bits per heavy atom. The van der Waals surface area contributed by atoms with Crippen molar-refractivity contribution in [1.82, 2.24) is 9.97 Å². The molecule has 0 saturated carbocycles. The van der Waals surface area contributed by atoms with Gasteiger partial charge in [-0.2, -0.15) is 4.98 Å². The van der Waals surface area contributed by atoms with E-state index >= 15 is 0 Å². The van der Waals surface area contributed by atoms with E-state index in [1.807, 2.05) is 17.4 Å². The molecule has 0 atom stereocenters. The maximum Gasteiger partial charge on any atom is 0.236 e. The summed E-state index contributed by atoms with van der Waals surface area (Å²) in [4.78, 5) is 11.7. The van der Waals surface area contributed by atoms with Gasteiger partial charge in [0.05, 0.1) is 26.2 Å². The first kappa shape index (κ1) is 19.9. The molecule has 7 heteroatoms. The molecule has 144 valence electrons. The number of quaternary nitrogens is 1. The highest BCUT2D eigenvalue weighted by molar-refractivity contribution is 7.18. The summed E-state index contributed by atoms with van der Waals surface area (Å²) in [5.74, 6) is 2.64. The third-order valence-electron chi connectivity index (χ3n) is 5.00. The zero-order valence-corrected chi connectivity index (χ0v) is 17.2. The van der Waals surface area contributed by atoms with E-state index in [0.29, 0.717) is 0 Å². The second-order valence-corrected chi connectivity index (χ2v) is 7.67. The van der Waals surface area contributed by atoms with Crippen LogP contribution >= 0.6 is 11.3 Å². The van der Waals surface area contributed by atoms with Crippen LogP contribution in [0, 0.1) is 0 Å². The van der Waals surface area contributed by atoms with Gasteiger partial charge in [0.25, 0.3) is 0 Å². The first-order valence-electron chi connectivity index (χ1n) is 9.09. The van der Waals surface area contributed by atoms with Crippen molar-refractivity contribution in [3.63, 3.8) is 0 Å². The van der Waals surface area contributed by atoms with E-state index in [1.165, 1.54) is 47.1 Å². The first-order valence-corrected chi connectivity index (χ1v) is 9.91. The van der Waals surface area contributed by atoms with Gasteiger partial charge in [0.1, 0.15) is 11.2 Å². The molecule has 0 amide bonds. The number of methoxy groups -OCH3 is 2. The van der Waals surface area contributed by atoms with Crippen molar-refractivity contribution in [2.24, 2.45) is 0 Å². The quantitative estimate of drug-likeness (QED) is 0.628. The topological polar surface area (TPSA) is 60.9 Å². The molecule has 4 rings (SSSR count). The predicted octanol–water partition coefficient (Wildman–Crippen LogP) is 0.0289. The summed E-state index contributed by atoms with van der Waals surface area (Å²) >= 11 is 1.85. The van der Waals surface area contributed by atoms with Crippen LogP contribution in [0.2, 0.25) is 0 Å². The molecular weight excluding hydrogens is 382 g/mol. The molecule has 2 aromatic heterocycles. The summed E-state index contributed by atoms with van der Waals surface area (Å²) in [6, 6.07) is 6.11. The second kappa shape index (κ2) is 8.87. The summed E-state index contributed by atoms with van der Waals surface area (Å²) in [5.41, 5.74) is 2.73. The molecule has 0 unspecified atom stereocenters. The minimum Gasteiger partial charge on any atom is -1.00 e. The molecule has 0 radical (unpaired) electrons. The van der Waals surface area contributed by atoms with Gasteiger partial charge in [-0.3, -0.25) is 5.32 Å². The minimum atomic E-state index is 0. The molecule has 3 aromatic rings. The fourth-order valence-corrected chi connectivity index (χ4v) is 4.92. The fourth-order valence-electron chi connectivity index (χ4n) is 3.68. The smallest absolute Gasteiger partial charge is 0.236 e. The van der Waals surface area contributed by atoms with E-state index < -0.39 is 0 Å². The molecule has 1 aliphatic rings. The molecule has 0 saturated heterocycles. The van der Waals surface area contributed by atoms with Crippen LogP contribution in [0.4, 0.5) is 5.82 Å². The Bertz CT molecular complexity index is 929. The predicted molar refractivity (Wildman–Crippen MR) is 104 cm³/mol. The lowest BCUT2D eigenvalue weighted by Crippen LogP contribution is -3.00. The van der Waals surface area contributed by atoms with Gasteiger partial charge in [-0.1, -0.05) is 6.07 Å². The van der Waals surface area contributed by atoms with E-state index in [4.69, 9.17) is 9.47 Å². The second-order valence-electron chi connectivity index (χ2n) is 6.58. The van der Waals surface area contributed by atoms with E-state index in [9.17, 15) is 0 Å². The number of aromatic nitrogens is 2. The zero-order chi connectivity index (χ0) is 17.9. The number of hydrogen-bond donors (Lipinski definition) is 1. The Hall–Kier alpha value is -1.89. The van der Waals surface area contributed by atoms with Crippen LogP contribution in [-0.2, 0) is 19.3 Å². The van der Waals surface area contributed by atoms with Crippen molar-refractivity contribution in [1.29, 1.82) is 0 Å². The number of aryl methyl sites for hydroxylation is 2. The Balaban J connectivity index is 0.00000210. The van der Waals surface area contributed by atoms with Gasteiger partial charge in [0.15, 0.2) is 11.5 Å². The maximum absolute atomic E-state index is 5.40. The number of nitrogens with zero attached hydrogens (tertiary/aromatic N) is 2. The lowest BCUT2D eigenvalue weighted by atomic mass is 9.97. The van der Waals surface area contributed by atoms with Gasteiger partial charge in [0.2, 0.25) is 5.82 Å². The molecule has 0 spiro atoms. The molecule has 27 heavy (non-hydrogen) atoms. The van der Waals surface area contributed by atoms with Crippen LogP contribution in [-0.4, -0.2) is 30.7 Å². The summed E-state index contributed by atoms with van der Waals surface area (Å²) in [5, 5.41) is 3.54. The lowest BCUT2D eigenvalue weighted by molar-refractivity contribution is -0.573. The summed E-state index contributed by atoms with van der Waals surface area (Å²) in [7, 11) is 3.33. The van der Waals surface area contributed by atoms with Crippen LogP contribution in [0.25, 0.3) is 10.2 Å². The zero-order valence-electron chi connectivity index (χ0n) is 15.6. The van der Waals surface area contributed by atoms with Crippen LogP contribution in [0.5, 0.6) is 11.5 Å². The number of nitrogens with two attached hydrogens (primary N) is 1. The minimum absolute atomic E-state index is 0. The maximum atomic E-state index is 5.40. The number of fused-ring (bicyclic) bond motifs is 3. The van der Waals surface area contributed by atoms with Gasteiger partial charge >= 0.3 is 0 Å². The molecule has 2 N–H and O–H groups in total. The van der Waals surface area contributed by atoms with E-state index in [0.717, 1.165) is 35.1 Å². The molecule has 0 aliphatic heterocycles. The molecule has 5 nitrogen and oxygen atoms in total. The van der Waals surface area contributed by atoms with Crippen molar-refractivity contribution in [3.8, 4) is 11.5 Å². The summed E-state index contributed by atoms with van der Waals surface area (Å²) < 4.78 is 10.7. The third kappa shape index (κ3) is 4.03. The van der Waals surface area contributed by atoms with Crippen LogP contribution < -0.4 is 27.2 Å². The van der Waals surface area contributed by atoms with Gasteiger partial charge in [-0.05, 0) is 48.9 Å². The normalized spacial score (nSPS) is 13.1. The SMILES string of the molecule is COc1ccc(CC[NH2+]c2ncnc3sc4c(c23)CCCC4)cc1OC.[Cl-]. The summed E-state index contributed by atoms with van der Waals surface area (Å²) in [6.45, 7) is 0.937. The Kier molecular flexibility index (Phi) is 6.52. The molecule has 1 aliphatic carbocycles. The number of thiophene rings is 1. The van der Waals surface area contributed by atoms with Crippen molar-refractivity contribution in [2.75, 3.05) is 20.8 Å². The number of ether oxygens (including phenoxy) is 2. The average Bonchev–Trinajstić information content (AvgIpc) is 3.07.